The van der Waals surface area contributed by atoms with Crippen LogP contribution in [-0.4, -0.2) is 61.5 Å². The van der Waals surface area contributed by atoms with Gasteiger partial charge in [-0.3, -0.25) is 19.2 Å². The Morgan fingerprint density at radius 3 is 1.29 bits per heavy atom. The molecule has 0 amide bonds. The number of allylic oxidation sites excluding steroid dienone is 2. The van der Waals surface area contributed by atoms with Gasteiger partial charge in [-0.05, 0) is 24.3 Å². The third-order valence-electron chi connectivity index (χ3n) is 4.62. The first kappa shape index (κ1) is 31.7. The van der Waals surface area contributed by atoms with Crippen LogP contribution in [0.5, 0.6) is 0 Å². The zero-order valence-electron chi connectivity index (χ0n) is 19.7. The van der Waals surface area contributed by atoms with E-state index in [1.165, 1.54) is 0 Å². The van der Waals surface area contributed by atoms with Crippen LogP contribution in [0.25, 0.3) is 0 Å². The van der Waals surface area contributed by atoms with Crippen LogP contribution in [0.1, 0.15) is 20.7 Å². The molecule has 2 aromatic carbocycles. The summed E-state index contributed by atoms with van der Waals surface area (Å²) < 4.78 is 19.8. The largest absolute Gasteiger partial charge is 2.00 e. The van der Waals surface area contributed by atoms with E-state index < -0.39 is 35.1 Å². The molecule has 4 rings (SSSR count). The fourth-order valence-electron chi connectivity index (χ4n) is 2.75. The number of carbonyl (C=O) groups is 6. The molecule has 0 bridgehead atoms. The second kappa shape index (κ2) is 15.7. The third kappa shape index (κ3) is 9.62. The zero-order valence-corrected chi connectivity index (χ0v) is 21.1. The van der Waals surface area contributed by atoms with Crippen molar-refractivity contribution >= 4 is 35.1 Å². The van der Waals surface area contributed by atoms with Gasteiger partial charge in [0.25, 0.3) is 0 Å². The smallest absolute Gasteiger partial charge is 0.338 e. The molecule has 11 nitrogen and oxygen atoms in total. The Morgan fingerprint density at radius 1 is 0.632 bits per heavy atom. The van der Waals surface area contributed by atoms with E-state index in [4.69, 9.17) is 18.9 Å². The Kier molecular flexibility index (Phi) is 13.1. The van der Waals surface area contributed by atoms with Gasteiger partial charge < -0.3 is 24.4 Å². The summed E-state index contributed by atoms with van der Waals surface area (Å²) >= 11 is 0. The quantitative estimate of drug-likeness (QED) is 0.375. The molecule has 197 valence electrons. The van der Waals surface area contributed by atoms with Gasteiger partial charge in [0.1, 0.15) is 24.7 Å². The van der Waals surface area contributed by atoms with Gasteiger partial charge >= 0.3 is 11.9 Å². The van der Waals surface area contributed by atoms with Crippen LogP contribution in [0.15, 0.2) is 84.3 Å². The predicted octanol–water partition coefficient (Wildman–Crippen LogP) is 1.67. The van der Waals surface area contributed by atoms with Crippen molar-refractivity contribution in [1.82, 2.24) is 0 Å². The van der Waals surface area contributed by atoms with Gasteiger partial charge in [0.2, 0.25) is 23.1 Å². The first-order chi connectivity index (χ1) is 17.3. The molecule has 0 saturated heterocycles. The molecule has 2 heterocycles. The summed E-state index contributed by atoms with van der Waals surface area (Å²) in [7, 11) is 0. The maximum atomic E-state index is 11.6. The monoisotopic (exact) mass is 559 g/mol. The van der Waals surface area contributed by atoms with Crippen molar-refractivity contribution in [1.29, 1.82) is 0 Å². The number of ether oxygens (including phenoxy) is 4. The molecular formula is C26H20O11V-2. The van der Waals surface area contributed by atoms with E-state index in [1.807, 2.05) is 0 Å². The van der Waals surface area contributed by atoms with E-state index in [2.05, 4.69) is 0 Å². The van der Waals surface area contributed by atoms with Gasteiger partial charge in [-0.2, -0.15) is 0 Å². The predicted molar refractivity (Wildman–Crippen MR) is 122 cm³/mol. The Hall–Kier alpha value is -4.32. The fraction of sp³-hybridized carbons (Fsp3) is 0.154. The summed E-state index contributed by atoms with van der Waals surface area (Å²) in [5.41, 5.74) is 0.827. The number of rotatable bonds is 6. The van der Waals surface area contributed by atoms with Gasteiger partial charge in [0.15, 0.2) is 13.2 Å². The summed E-state index contributed by atoms with van der Waals surface area (Å²) in [6, 6.07) is 16.9. The third-order valence-corrected chi connectivity index (χ3v) is 4.62. The number of hydrogen-bond acceptors (Lipinski definition) is 10. The number of carbonyl (C=O) groups excluding carboxylic acids is 6. The number of hydrogen-bond donors (Lipinski definition) is 0. The van der Waals surface area contributed by atoms with E-state index in [9.17, 15) is 28.8 Å². The maximum absolute atomic E-state index is 11.6. The number of esters is 2. The molecule has 1 radical (unpaired) electrons. The van der Waals surface area contributed by atoms with E-state index in [1.54, 1.807) is 60.7 Å². The summed E-state index contributed by atoms with van der Waals surface area (Å²) in [6.07, 6.45) is 2.09. The van der Waals surface area contributed by atoms with Crippen molar-refractivity contribution in [3.05, 3.63) is 95.5 Å². The van der Waals surface area contributed by atoms with Gasteiger partial charge in [-0.25, -0.2) is 9.59 Å². The summed E-state index contributed by atoms with van der Waals surface area (Å²) in [5.74, 6) is -3.12. The molecule has 2 aliphatic rings. The van der Waals surface area contributed by atoms with Crippen LogP contribution in [0, 0.1) is 0 Å². The van der Waals surface area contributed by atoms with Crippen molar-refractivity contribution in [2.45, 2.75) is 0 Å². The molecule has 12 heteroatoms. The van der Waals surface area contributed by atoms with Crippen LogP contribution in [-0.2, 0) is 62.2 Å². The molecular weight excluding hydrogens is 539 g/mol. The van der Waals surface area contributed by atoms with Gasteiger partial charge in [-0.1, -0.05) is 36.4 Å². The summed E-state index contributed by atoms with van der Waals surface area (Å²) in [5, 5.41) is 0. The minimum absolute atomic E-state index is 0. The van der Waals surface area contributed by atoms with Crippen LogP contribution >= 0.6 is 0 Å². The molecule has 0 spiro atoms. The van der Waals surface area contributed by atoms with Gasteiger partial charge in [0.05, 0.1) is 11.1 Å². The number of ketones is 4. The average molecular weight is 559 g/mol. The number of Topliss-reactive ketones (excluding diaryl/α,β-unsaturated/α-hetero) is 2. The van der Waals surface area contributed by atoms with Crippen LogP contribution in [0.3, 0.4) is 0 Å². The maximum Gasteiger partial charge on any atom is 0.338 e. The van der Waals surface area contributed by atoms with Crippen molar-refractivity contribution in [2.75, 3.05) is 26.4 Å². The van der Waals surface area contributed by atoms with E-state index in [0.29, 0.717) is 11.1 Å². The zero-order chi connectivity index (χ0) is 25.9. The van der Waals surface area contributed by atoms with Crippen LogP contribution in [0.2, 0.25) is 0 Å². The van der Waals surface area contributed by atoms with Crippen molar-refractivity contribution in [3.8, 4) is 0 Å². The molecule has 0 unspecified atom stereocenters. The van der Waals surface area contributed by atoms with Crippen LogP contribution in [0.4, 0.5) is 0 Å². The van der Waals surface area contributed by atoms with Crippen molar-refractivity contribution in [2.24, 2.45) is 0 Å². The second-order valence-corrected chi connectivity index (χ2v) is 7.26. The molecule has 0 aromatic heterocycles. The second-order valence-electron chi connectivity index (χ2n) is 7.26. The average Bonchev–Trinajstić information content (AvgIpc) is 2.91. The van der Waals surface area contributed by atoms with E-state index in [-0.39, 0.29) is 62.0 Å². The molecule has 0 atom stereocenters. The van der Waals surface area contributed by atoms with Crippen molar-refractivity contribution < 1.29 is 71.7 Å². The molecule has 0 N–H and O–H groups in total. The molecule has 0 fully saturated rings. The molecule has 2 aliphatic heterocycles. The Bertz CT molecular complexity index is 1140. The standard InChI is InChI=1S/2C13H10O5.O.V/c2*14-11-6-10(17-8-12(11)15)7-18-13(16)9-4-2-1-3-5-9;;/h2*1-6H,7-8H2;;/q;;-2;. The van der Waals surface area contributed by atoms with Crippen molar-refractivity contribution in [3.63, 3.8) is 0 Å². The number of benzene rings is 2. The van der Waals surface area contributed by atoms with Gasteiger partial charge in [0, 0.05) is 30.7 Å². The van der Waals surface area contributed by atoms with E-state index in [0.717, 1.165) is 12.2 Å². The van der Waals surface area contributed by atoms with Gasteiger partial charge in [-0.15, -0.1) is 0 Å². The SMILES string of the molecule is O=C1C=C(COC(=O)c2ccccc2)OCC1=O.O=C1C=C(COC(=O)c2ccccc2)OCC1=O.[O-2].[V]. The normalized spacial score (nSPS) is 14.0. The molecule has 0 aliphatic carbocycles. The summed E-state index contributed by atoms with van der Waals surface area (Å²) in [4.78, 5) is 67.0. The summed E-state index contributed by atoms with van der Waals surface area (Å²) in [6.45, 7) is -0.916. The molecule has 2 aromatic rings. The molecule has 0 saturated carbocycles. The Morgan fingerprint density at radius 2 is 0.974 bits per heavy atom. The first-order valence-corrected chi connectivity index (χ1v) is 10.6. The minimum atomic E-state index is -0.632. The topological polar surface area (TPSA) is 168 Å². The minimum Gasteiger partial charge on any atom is -2.00 e. The fourth-order valence-corrected chi connectivity index (χ4v) is 2.75. The molecule has 38 heavy (non-hydrogen) atoms. The Balaban J connectivity index is 0.000000361. The Labute approximate surface area is 228 Å². The first-order valence-electron chi connectivity index (χ1n) is 10.6. The van der Waals surface area contributed by atoms with E-state index >= 15 is 0 Å². The van der Waals surface area contributed by atoms with Crippen LogP contribution < -0.4 is 0 Å².